The molecule has 5 aromatic rings. The van der Waals surface area contributed by atoms with Crippen LogP contribution in [0.1, 0.15) is 15.9 Å². The Bertz CT molecular complexity index is 1480. The van der Waals surface area contributed by atoms with Gasteiger partial charge in [0.2, 0.25) is 12.7 Å². The van der Waals surface area contributed by atoms with E-state index in [1.54, 1.807) is 29.5 Å². The number of carbonyl (C=O) groups excluding carboxylic acids is 1. The van der Waals surface area contributed by atoms with E-state index in [0.717, 1.165) is 22.2 Å². The number of imidazole rings is 1. The molecule has 0 radical (unpaired) electrons. The topological polar surface area (TPSA) is 96.1 Å². The fourth-order valence-corrected chi connectivity index (χ4v) is 3.78. The van der Waals surface area contributed by atoms with Gasteiger partial charge in [0.05, 0.1) is 5.52 Å². The quantitative estimate of drug-likeness (QED) is 0.453. The minimum absolute atomic E-state index is 0.163. The first-order valence-electron chi connectivity index (χ1n) is 10.3. The van der Waals surface area contributed by atoms with E-state index in [9.17, 15) is 4.79 Å². The number of nitrogens with one attached hydrogen (secondary N) is 1. The molecule has 3 aromatic heterocycles. The molecule has 4 heterocycles. The zero-order valence-corrected chi connectivity index (χ0v) is 17.4. The van der Waals surface area contributed by atoms with Crippen LogP contribution in [0.2, 0.25) is 0 Å². The lowest BCUT2D eigenvalue weighted by Crippen LogP contribution is -2.22. The van der Waals surface area contributed by atoms with Crippen molar-refractivity contribution >= 4 is 16.8 Å². The third-order valence-corrected chi connectivity index (χ3v) is 5.46. The summed E-state index contributed by atoms with van der Waals surface area (Å²) in [4.78, 5) is 25.9. The van der Waals surface area contributed by atoms with E-state index in [-0.39, 0.29) is 12.7 Å². The average Bonchev–Trinajstić information content (AvgIpc) is 3.62. The molecule has 9 heteroatoms. The van der Waals surface area contributed by atoms with Crippen molar-refractivity contribution in [2.75, 3.05) is 6.79 Å². The number of nitrogens with zero attached hydrogens (tertiary/aromatic N) is 5. The molecule has 9 nitrogen and oxygen atoms in total. The SMILES string of the molecule is O=C(NCc1ccc2c(c1)OCO2)c1ccc2ccn(-c3ccnc(-n4ccnc4)n3)c2c1. The van der Waals surface area contributed by atoms with Gasteiger partial charge in [0, 0.05) is 42.3 Å². The van der Waals surface area contributed by atoms with E-state index >= 15 is 0 Å². The van der Waals surface area contributed by atoms with Gasteiger partial charge >= 0.3 is 0 Å². The lowest BCUT2D eigenvalue weighted by Gasteiger charge is -2.09. The van der Waals surface area contributed by atoms with Crippen molar-refractivity contribution in [1.29, 1.82) is 0 Å². The van der Waals surface area contributed by atoms with E-state index in [2.05, 4.69) is 20.3 Å². The summed E-state index contributed by atoms with van der Waals surface area (Å²) in [5.74, 6) is 2.47. The van der Waals surface area contributed by atoms with Crippen LogP contribution in [0.5, 0.6) is 11.5 Å². The van der Waals surface area contributed by atoms with Crippen molar-refractivity contribution in [2.24, 2.45) is 0 Å². The Morgan fingerprint density at radius 3 is 2.85 bits per heavy atom. The number of carbonyl (C=O) groups is 1. The van der Waals surface area contributed by atoms with Crippen LogP contribution in [-0.2, 0) is 6.54 Å². The van der Waals surface area contributed by atoms with Crippen molar-refractivity contribution in [1.82, 2.24) is 29.4 Å². The first-order chi connectivity index (χ1) is 16.2. The van der Waals surface area contributed by atoms with Crippen molar-refractivity contribution in [3.8, 4) is 23.3 Å². The summed E-state index contributed by atoms with van der Waals surface area (Å²) in [5.41, 5.74) is 2.37. The molecular weight excluding hydrogens is 420 g/mol. The van der Waals surface area contributed by atoms with E-state index < -0.39 is 0 Å². The van der Waals surface area contributed by atoms with Crippen molar-refractivity contribution in [3.05, 3.63) is 90.8 Å². The Morgan fingerprint density at radius 1 is 1.00 bits per heavy atom. The fourth-order valence-electron chi connectivity index (χ4n) is 3.78. The van der Waals surface area contributed by atoms with E-state index in [4.69, 9.17) is 9.47 Å². The minimum Gasteiger partial charge on any atom is -0.454 e. The summed E-state index contributed by atoms with van der Waals surface area (Å²) in [6.45, 7) is 0.607. The summed E-state index contributed by atoms with van der Waals surface area (Å²) in [6, 6.07) is 15.1. The second-order valence-electron chi connectivity index (χ2n) is 7.51. The molecule has 0 fully saturated rings. The highest BCUT2D eigenvalue weighted by atomic mass is 16.7. The van der Waals surface area contributed by atoms with Gasteiger partial charge in [-0.25, -0.2) is 9.97 Å². The third-order valence-electron chi connectivity index (χ3n) is 5.46. The number of aromatic nitrogens is 5. The van der Waals surface area contributed by atoms with Crippen molar-refractivity contribution in [3.63, 3.8) is 0 Å². The Labute approximate surface area is 188 Å². The maximum Gasteiger partial charge on any atom is 0.251 e. The van der Waals surface area contributed by atoms with Gasteiger partial charge in [-0.2, -0.15) is 4.98 Å². The summed E-state index contributed by atoms with van der Waals surface area (Å²) >= 11 is 0. The number of hydrogen-bond acceptors (Lipinski definition) is 6. The molecule has 0 atom stereocenters. The van der Waals surface area contributed by atoms with Crippen LogP contribution < -0.4 is 14.8 Å². The van der Waals surface area contributed by atoms with Gasteiger partial charge in [0.1, 0.15) is 12.1 Å². The molecule has 1 aliphatic heterocycles. The zero-order valence-electron chi connectivity index (χ0n) is 17.4. The highest BCUT2D eigenvalue weighted by Gasteiger charge is 2.14. The molecule has 1 aliphatic rings. The Balaban J connectivity index is 1.26. The predicted molar refractivity (Wildman–Crippen MR) is 120 cm³/mol. The smallest absolute Gasteiger partial charge is 0.251 e. The molecule has 0 spiro atoms. The summed E-state index contributed by atoms with van der Waals surface area (Å²) in [6.07, 6.45) is 8.74. The van der Waals surface area contributed by atoms with Gasteiger partial charge in [0.25, 0.3) is 5.91 Å². The molecule has 33 heavy (non-hydrogen) atoms. The molecule has 0 unspecified atom stereocenters. The molecule has 2 aromatic carbocycles. The first kappa shape index (κ1) is 19.1. The number of rotatable bonds is 5. The van der Waals surface area contributed by atoms with E-state index in [1.807, 2.05) is 59.3 Å². The van der Waals surface area contributed by atoms with Crippen LogP contribution in [0.15, 0.2) is 79.6 Å². The van der Waals surface area contributed by atoms with Crippen LogP contribution in [0, 0.1) is 0 Å². The first-order valence-corrected chi connectivity index (χ1v) is 10.3. The zero-order chi connectivity index (χ0) is 22.2. The molecule has 1 N–H and O–H groups in total. The summed E-state index contributed by atoms with van der Waals surface area (Å²) < 4.78 is 14.4. The largest absolute Gasteiger partial charge is 0.454 e. The van der Waals surface area contributed by atoms with Crippen LogP contribution in [0.3, 0.4) is 0 Å². The van der Waals surface area contributed by atoms with Gasteiger partial charge in [-0.05, 0) is 42.0 Å². The second-order valence-corrected chi connectivity index (χ2v) is 7.51. The normalized spacial score (nSPS) is 12.2. The lowest BCUT2D eigenvalue weighted by molar-refractivity contribution is 0.0951. The molecule has 0 saturated heterocycles. The second kappa shape index (κ2) is 7.79. The van der Waals surface area contributed by atoms with Crippen LogP contribution in [0.25, 0.3) is 22.7 Å². The minimum atomic E-state index is -0.163. The van der Waals surface area contributed by atoms with E-state index in [1.165, 1.54) is 0 Å². The Hall–Kier alpha value is -4.66. The standard InChI is InChI=1S/C24H18N6O3/c31-23(27-13-16-1-4-20-21(11-16)33-15-32-20)18-3-2-17-6-9-30(19(17)12-18)22-5-7-26-24(28-22)29-10-8-25-14-29/h1-12,14H,13,15H2,(H,27,31). The van der Waals surface area contributed by atoms with Gasteiger partial charge in [-0.1, -0.05) is 12.1 Å². The highest BCUT2D eigenvalue weighted by molar-refractivity contribution is 5.98. The van der Waals surface area contributed by atoms with Crippen LogP contribution in [-0.4, -0.2) is 36.8 Å². The number of ether oxygens (including phenoxy) is 2. The predicted octanol–water partition coefficient (Wildman–Crippen LogP) is 3.26. The Kier molecular flexibility index (Phi) is 4.50. The van der Waals surface area contributed by atoms with Gasteiger partial charge < -0.3 is 19.4 Å². The van der Waals surface area contributed by atoms with Crippen LogP contribution >= 0.6 is 0 Å². The number of fused-ring (bicyclic) bond motifs is 2. The maximum absolute atomic E-state index is 12.9. The molecule has 1 amide bonds. The lowest BCUT2D eigenvalue weighted by atomic mass is 10.1. The number of hydrogen-bond donors (Lipinski definition) is 1. The molecule has 0 bridgehead atoms. The number of amides is 1. The fraction of sp³-hybridized carbons (Fsp3) is 0.0833. The van der Waals surface area contributed by atoms with Gasteiger partial charge in [-0.3, -0.25) is 9.36 Å². The monoisotopic (exact) mass is 438 g/mol. The van der Waals surface area contributed by atoms with Crippen molar-refractivity contribution < 1.29 is 14.3 Å². The highest BCUT2D eigenvalue weighted by Crippen LogP contribution is 2.32. The van der Waals surface area contributed by atoms with Crippen LogP contribution in [0.4, 0.5) is 0 Å². The van der Waals surface area contributed by atoms with E-state index in [0.29, 0.717) is 29.6 Å². The summed E-state index contributed by atoms with van der Waals surface area (Å²) in [7, 11) is 0. The molecule has 6 rings (SSSR count). The number of benzene rings is 2. The van der Waals surface area contributed by atoms with Crippen molar-refractivity contribution in [2.45, 2.75) is 6.54 Å². The maximum atomic E-state index is 12.9. The third kappa shape index (κ3) is 3.55. The summed E-state index contributed by atoms with van der Waals surface area (Å²) in [5, 5.41) is 3.97. The molecule has 0 saturated carbocycles. The van der Waals surface area contributed by atoms with Gasteiger partial charge in [0.15, 0.2) is 11.5 Å². The molecule has 162 valence electrons. The average molecular weight is 438 g/mol. The van der Waals surface area contributed by atoms with Gasteiger partial charge in [-0.15, -0.1) is 0 Å². The molecular formula is C24H18N6O3. The molecule has 0 aliphatic carbocycles. The Morgan fingerprint density at radius 2 is 1.94 bits per heavy atom.